The lowest BCUT2D eigenvalue weighted by atomic mass is 10.0. The number of aryl methyl sites for hydroxylation is 1. The molecule has 0 aromatic heterocycles. The van der Waals surface area contributed by atoms with E-state index in [4.69, 9.17) is 0 Å². The van der Waals surface area contributed by atoms with Gasteiger partial charge in [0.2, 0.25) is 5.91 Å². The van der Waals surface area contributed by atoms with E-state index in [0.29, 0.717) is 6.42 Å². The molecule has 1 aromatic carbocycles. The molecule has 0 radical (unpaired) electrons. The average Bonchev–Trinajstić information content (AvgIpc) is 2.29. The Morgan fingerprint density at radius 1 is 1.33 bits per heavy atom. The maximum Gasteiger partial charge on any atom is 0.221 e. The quantitative estimate of drug-likeness (QED) is 0.831. The fourth-order valence-corrected chi connectivity index (χ4v) is 1.81. The van der Waals surface area contributed by atoms with Gasteiger partial charge < -0.3 is 10.6 Å². The van der Waals surface area contributed by atoms with Crippen LogP contribution in [0.5, 0.6) is 0 Å². The zero-order chi connectivity index (χ0) is 12.7. The van der Waals surface area contributed by atoms with E-state index in [2.05, 4.69) is 29.7 Å². The summed E-state index contributed by atoms with van der Waals surface area (Å²) in [7, 11) is 1.85. The molecule has 102 valence electrons. The van der Waals surface area contributed by atoms with Gasteiger partial charge in [0.1, 0.15) is 0 Å². The second-order valence-electron chi connectivity index (χ2n) is 4.45. The van der Waals surface area contributed by atoms with Crippen molar-refractivity contribution < 1.29 is 4.79 Å². The Morgan fingerprint density at radius 3 is 2.61 bits per heavy atom. The van der Waals surface area contributed by atoms with E-state index >= 15 is 0 Å². The van der Waals surface area contributed by atoms with Crippen LogP contribution in [0.25, 0.3) is 0 Å². The van der Waals surface area contributed by atoms with Crippen molar-refractivity contribution in [2.45, 2.75) is 32.7 Å². The average molecular weight is 271 g/mol. The molecule has 0 saturated carbocycles. The van der Waals surface area contributed by atoms with Crippen LogP contribution < -0.4 is 10.6 Å². The van der Waals surface area contributed by atoms with Crippen molar-refractivity contribution in [1.82, 2.24) is 10.6 Å². The molecule has 3 nitrogen and oxygen atoms in total. The fraction of sp³-hybridized carbons (Fsp3) is 0.500. The van der Waals surface area contributed by atoms with E-state index in [-0.39, 0.29) is 24.4 Å². The van der Waals surface area contributed by atoms with E-state index in [1.54, 1.807) is 0 Å². The smallest absolute Gasteiger partial charge is 0.221 e. The van der Waals surface area contributed by atoms with Crippen LogP contribution in [-0.4, -0.2) is 25.5 Å². The van der Waals surface area contributed by atoms with Crippen LogP contribution in [0.3, 0.4) is 0 Å². The summed E-state index contributed by atoms with van der Waals surface area (Å²) in [6, 6.07) is 8.48. The molecule has 1 amide bonds. The Bertz CT molecular complexity index is 369. The van der Waals surface area contributed by atoms with Gasteiger partial charge in [0.25, 0.3) is 0 Å². The largest absolute Gasteiger partial charge is 0.353 e. The zero-order valence-corrected chi connectivity index (χ0v) is 12.1. The molecule has 2 N–H and O–H groups in total. The Labute approximate surface area is 116 Å². The third-order valence-electron chi connectivity index (χ3n) is 2.80. The van der Waals surface area contributed by atoms with Crippen molar-refractivity contribution in [1.29, 1.82) is 0 Å². The molecule has 4 heteroatoms. The van der Waals surface area contributed by atoms with Crippen molar-refractivity contribution in [3.8, 4) is 0 Å². The Kier molecular flexibility index (Phi) is 8.42. The Morgan fingerprint density at radius 2 is 2.00 bits per heavy atom. The van der Waals surface area contributed by atoms with Crippen LogP contribution in [0.2, 0.25) is 0 Å². The highest BCUT2D eigenvalue weighted by molar-refractivity contribution is 5.85. The van der Waals surface area contributed by atoms with Crippen LogP contribution >= 0.6 is 12.4 Å². The molecule has 0 heterocycles. The number of rotatable bonds is 6. The molecule has 0 fully saturated rings. The van der Waals surface area contributed by atoms with E-state index in [9.17, 15) is 4.79 Å². The summed E-state index contributed by atoms with van der Waals surface area (Å²) < 4.78 is 0. The minimum atomic E-state index is 0. The summed E-state index contributed by atoms with van der Waals surface area (Å²) in [5.74, 6) is 0.112. The third-order valence-corrected chi connectivity index (χ3v) is 2.80. The lowest BCUT2D eigenvalue weighted by Gasteiger charge is -2.15. The van der Waals surface area contributed by atoms with E-state index in [1.807, 2.05) is 26.1 Å². The van der Waals surface area contributed by atoms with E-state index in [0.717, 1.165) is 13.0 Å². The molecule has 1 aromatic rings. The fourth-order valence-electron chi connectivity index (χ4n) is 1.81. The summed E-state index contributed by atoms with van der Waals surface area (Å²) in [6.45, 7) is 4.87. The summed E-state index contributed by atoms with van der Waals surface area (Å²) in [6.07, 6.45) is 1.42. The van der Waals surface area contributed by atoms with Gasteiger partial charge in [-0.05, 0) is 38.4 Å². The lowest BCUT2D eigenvalue weighted by Crippen LogP contribution is -2.35. The minimum Gasteiger partial charge on any atom is -0.353 e. The van der Waals surface area contributed by atoms with Gasteiger partial charge in [0.15, 0.2) is 0 Å². The molecule has 0 saturated heterocycles. The number of hydrogen-bond donors (Lipinski definition) is 2. The highest BCUT2D eigenvalue weighted by Gasteiger charge is 2.08. The molecule has 0 spiro atoms. The van der Waals surface area contributed by atoms with Gasteiger partial charge in [-0.15, -0.1) is 12.4 Å². The maximum absolute atomic E-state index is 11.5. The first-order valence-electron chi connectivity index (χ1n) is 6.12. The highest BCUT2D eigenvalue weighted by atomic mass is 35.5. The molecule has 1 unspecified atom stereocenters. The third kappa shape index (κ3) is 6.03. The molecule has 0 aliphatic rings. The van der Waals surface area contributed by atoms with Crippen LogP contribution in [0.4, 0.5) is 0 Å². The number of nitrogens with one attached hydrogen (secondary N) is 2. The predicted octanol–water partition coefficient (Wildman–Crippen LogP) is 2.07. The number of amides is 1. The molecule has 18 heavy (non-hydrogen) atoms. The molecular weight excluding hydrogens is 248 g/mol. The first-order chi connectivity index (χ1) is 8.13. The standard InChI is InChI=1S/C14H22N2O.ClH/c1-11-6-4-5-7-13(11)10-12(2)16-14(17)8-9-15-3;/h4-7,12,15H,8-10H2,1-3H3,(H,16,17);1H. The van der Waals surface area contributed by atoms with Gasteiger partial charge >= 0.3 is 0 Å². The molecular formula is C14H23ClN2O. The monoisotopic (exact) mass is 270 g/mol. The number of halogens is 1. The first-order valence-corrected chi connectivity index (χ1v) is 6.12. The number of carbonyl (C=O) groups excluding carboxylic acids is 1. The molecule has 1 atom stereocenters. The Hall–Kier alpha value is -1.06. The second-order valence-corrected chi connectivity index (χ2v) is 4.45. The van der Waals surface area contributed by atoms with E-state index in [1.165, 1.54) is 11.1 Å². The predicted molar refractivity (Wildman–Crippen MR) is 78.3 cm³/mol. The Balaban J connectivity index is 0.00000289. The van der Waals surface area contributed by atoms with Crippen LogP contribution in [0.15, 0.2) is 24.3 Å². The second kappa shape index (κ2) is 8.95. The van der Waals surface area contributed by atoms with Crippen molar-refractivity contribution in [2.75, 3.05) is 13.6 Å². The van der Waals surface area contributed by atoms with Gasteiger partial charge in [0, 0.05) is 19.0 Å². The van der Waals surface area contributed by atoms with Crippen LogP contribution in [0, 0.1) is 6.92 Å². The minimum absolute atomic E-state index is 0. The summed E-state index contributed by atoms with van der Waals surface area (Å²) in [5, 5.41) is 5.98. The summed E-state index contributed by atoms with van der Waals surface area (Å²) in [5.41, 5.74) is 2.58. The van der Waals surface area contributed by atoms with Gasteiger partial charge in [-0.1, -0.05) is 24.3 Å². The summed E-state index contributed by atoms with van der Waals surface area (Å²) in [4.78, 5) is 11.5. The number of hydrogen-bond acceptors (Lipinski definition) is 2. The van der Waals surface area contributed by atoms with Gasteiger partial charge in [0.05, 0.1) is 0 Å². The highest BCUT2D eigenvalue weighted by Crippen LogP contribution is 2.09. The van der Waals surface area contributed by atoms with Crippen LogP contribution in [0.1, 0.15) is 24.5 Å². The first kappa shape index (κ1) is 16.9. The van der Waals surface area contributed by atoms with Gasteiger partial charge in [-0.25, -0.2) is 0 Å². The lowest BCUT2D eigenvalue weighted by molar-refractivity contribution is -0.121. The summed E-state index contributed by atoms with van der Waals surface area (Å²) >= 11 is 0. The zero-order valence-electron chi connectivity index (χ0n) is 11.3. The SMILES string of the molecule is CNCCC(=O)NC(C)Cc1ccccc1C.Cl. The molecule has 0 aliphatic carbocycles. The molecule has 1 rings (SSSR count). The number of benzene rings is 1. The normalized spacial score (nSPS) is 11.5. The maximum atomic E-state index is 11.5. The van der Waals surface area contributed by atoms with Crippen molar-refractivity contribution in [2.24, 2.45) is 0 Å². The topological polar surface area (TPSA) is 41.1 Å². The number of carbonyl (C=O) groups is 1. The van der Waals surface area contributed by atoms with Gasteiger partial charge in [-0.2, -0.15) is 0 Å². The van der Waals surface area contributed by atoms with Crippen molar-refractivity contribution >= 4 is 18.3 Å². The van der Waals surface area contributed by atoms with Crippen LogP contribution in [-0.2, 0) is 11.2 Å². The van der Waals surface area contributed by atoms with Crippen molar-refractivity contribution in [3.63, 3.8) is 0 Å². The van der Waals surface area contributed by atoms with Gasteiger partial charge in [-0.3, -0.25) is 4.79 Å². The molecule has 0 bridgehead atoms. The van der Waals surface area contributed by atoms with Crippen molar-refractivity contribution in [3.05, 3.63) is 35.4 Å². The molecule has 0 aliphatic heterocycles. The van der Waals surface area contributed by atoms with E-state index < -0.39 is 0 Å².